The molecule has 1 fully saturated rings. The molecule has 0 aromatic heterocycles. The average Bonchev–Trinajstić information content (AvgIpc) is 2.53. The van der Waals surface area contributed by atoms with Gasteiger partial charge in [0.2, 0.25) is 0 Å². The van der Waals surface area contributed by atoms with Crippen molar-refractivity contribution in [1.82, 2.24) is 4.90 Å². The zero-order chi connectivity index (χ0) is 15.2. The van der Waals surface area contributed by atoms with Crippen LogP contribution < -0.4 is 4.74 Å². The first kappa shape index (κ1) is 15.6. The van der Waals surface area contributed by atoms with Crippen molar-refractivity contribution in [3.05, 3.63) is 29.3 Å². The molecule has 1 aliphatic heterocycles. The van der Waals surface area contributed by atoms with Gasteiger partial charge in [-0.1, -0.05) is 23.7 Å². The second kappa shape index (κ2) is 7.31. The molecule has 1 aliphatic rings. The third-order valence-electron chi connectivity index (χ3n) is 3.48. The van der Waals surface area contributed by atoms with Crippen molar-refractivity contribution in [3.63, 3.8) is 0 Å². The number of para-hydroxylation sites is 1. The molecule has 0 N–H and O–H groups in total. The van der Waals surface area contributed by atoms with Gasteiger partial charge >= 0.3 is 5.97 Å². The number of methoxy groups -OCH3 is 1. The van der Waals surface area contributed by atoms with Gasteiger partial charge in [-0.15, -0.1) is 0 Å². The fourth-order valence-corrected chi connectivity index (χ4v) is 2.59. The number of esters is 1. The third kappa shape index (κ3) is 3.88. The van der Waals surface area contributed by atoms with Crippen LogP contribution in [0.4, 0.5) is 0 Å². The van der Waals surface area contributed by atoms with Crippen molar-refractivity contribution in [2.45, 2.75) is 25.3 Å². The Hall–Kier alpha value is -1.75. The van der Waals surface area contributed by atoms with Gasteiger partial charge in [-0.05, 0) is 31.4 Å². The molecule has 1 aromatic rings. The molecular weight excluding hydrogens is 294 g/mol. The van der Waals surface area contributed by atoms with Crippen LogP contribution in [0.5, 0.6) is 5.75 Å². The number of piperidine rings is 1. The van der Waals surface area contributed by atoms with Crippen LogP contribution in [0.2, 0.25) is 5.02 Å². The maximum absolute atomic E-state index is 12.3. The highest BCUT2D eigenvalue weighted by molar-refractivity contribution is 6.32. The standard InChI is InChI=1S/C15H18ClNO4/c1-20-15(19)12-7-4-5-9-17(12)14(18)10-21-13-8-3-2-6-11(13)16/h2-3,6,8,12H,4-5,7,9-10H2,1H3. The number of hydrogen-bond donors (Lipinski definition) is 0. The van der Waals surface area contributed by atoms with Gasteiger partial charge in [0, 0.05) is 6.54 Å². The van der Waals surface area contributed by atoms with Gasteiger partial charge in [-0.2, -0.15) is 0 Å². The minimum atomic E-state index is -0.508. The van der Waals surface area contributed by atoms with E-state index in [0.717, 1.165) is 12.8 Å². The summed E-state index contributed by atoms with van der Waals surface area (Å²) in [6, 6.07) is 6.45. The number of likely N-dealkylation sites (tertiary alicyclic amines) is 1. The van der Waals surface area contributed by atoms with Gasteiger partial charge in [0.1, 0.15) is 11.8 Å². The Bertz CT molecular complexity index is 520. The zero-order valence-electron chi connectivity index (χ0n) is 11.9. The maximum atomic E-state index is 12.3. The first-order chi connectivity index (χ1) is 10.1. The highest BCUT2D eigenvalue weighted by Gasteiger charge is 2.32. The van der Waals surface area contributed by atoms with E-state index < -0.39 is 6.04 Å². The Morgan fingerprint density at radius 1 is 1.33 bits per heavy atom. The second-order valence-electron chi connectivity index (χ2n) is 4.84. The van der Waals surface area contributed by atoms with Crippen LogP contribution in [-0.4, -0.2) is 43.1 Å². The number of hydrogen-bond acceptors (Lipinski definition) is 4. The molecule has 1 amide bonds. The Morgan fingerprint density at radius 2 is 2.10 bits per heavy atom. The van der Waals surface area contributed by atoms with Crippen molar-refractivity contribution in [3.8, 4) is 5.75 Å². The minimum absolute atomic E-state index is 0.142. The molecule has 21 heavy (non-hydrogen) atoms. The van der Waals surface area contributed by atoms with Gasteiger partial charge < -0.3 is 14.4 Å². The molecule has 2 rings (SSSR count). The lowest BCUT2D eigenvalue weighted by Gasteiger charge is -2.33. The quantitative estimate of drug-likeness (QED) is 0.801. The minimum Gasteiger partial charge on any atom is -0.482 e. The highest BCUT2D eigenvalue weighted by atomic mass is 35.5. The van der Waals surface area contributed by atoms with Crippen molar-refractivity contribution < 1.29 is 19.1 Å². The SMILES string of the molecule is COC(=O)C1CCCCN1C(=O)COc1ccccc1Cl. The summed E-state index contributed by atoms with van der Waals surface area (Å²) < 4.78 is 10.2. The lowest BCUT2D eigenvalue weighted by molar-refractivity contribution is -0.155. The van der Waals surface area contributed by atoms with Gasteiger partial charge in [0.05, 0.1) is 12.1 Å². The largest absolute Gasteiger partial charge is 0.482 e. The summed E-state index contributed by atoms with van der Waals surface area (Å²) in [7, 11) is 1.33. The molecule has 0 radical (unpaired) electrons. The summed E-state index contributed by atoms with van der Waals surface area (Å²) >= 11 is 5.97. The Balaban J connectivity index is 1.98. The topological polar surface area (TPSA) is 55.8 Å². The van der Waals surface area contributed by atoms with Crippen LogP contribution in [0.25, 0.3) is 0 Å². The van der Waals surface area contributed by atoms with E-state index in [9.17, 15) is 9.59 Å². The lowest BCUT2D eigenvalue weighted by Crippen LogP contribution is -2.50. The predicted molar refractivity (Wildman–Crippen MR) is 78.3 cm³/mol. The van der Waals surface area contributed by atoms with Crippen molar-refractivity contribution >= 4 is 23.5 Å². The molecule has 0 saturated carbocycles. The molecule has 1 atom stereocenters. The second-order valence-corrected chi connectivity index (χ2v) is 5.25. The Kier molecular flexibility index (Phi) is 5.44. The number of rotatable bonds is 4. The van der Waals surface area contributed by atoms with Gasteiger partial charge in [0.25, 0.3) is 5.91 Å². The molecule has 6 heteroatoms. The molecule has 114 valence electrons. The monoisotopic (exact) mass is 311 g/mol. The fourth-order valence-electron chi connectivity index (χ4n) is 2.40. The number of benzene rings is 1. The normalized spacial score (nSPS) is 18.2. The van der Waals surface area contributed by atoms with Crippen LogP contribution >= 0.6 is 11.6 Å². The van der Waals surface area contributed by atoms with E-state index in [1.54, 1.807) is 24.3 Å². The number of amides is 1. The third-order valence-corrected chi connectivity index (χ3v) is 3.80. The summed E-state index contributed by atoms with van der Waals surface area (Å²) in [5.74, 6) is -0.148. The smallest absolute Gasteiger partial charge is 0.328 e. The zero-order valence-corrected chi connectivity index (χ0v) is 12.6. The van der Waals surface area contributed by atoms with Crippen molar-refractivity contribution in [2.75, 3.05) is 20.3 Å². The number of ether oxygens (including phenoxy) is 2. The van der Waals surface area contributed by atoms with Crippen LogP contribution in [0, 0.1) is 0 Å². The first-order valence-corrected chi connectivity index (χ1v) is 7.26. The fraction of sp³-hybridized carbons (Fsp3) is 0.467. The molecule has 1 saturated heterocycles. The Labute approximate surface area is 128 Å². The summed E-state index contributed by atoms with van der Waals surface area (Å²) in [4.78, 5) is 25.5. The molecule has 1 aromatic carbocycles. The maximum Gasteiger partial charge on any atom is 0.328 e. The Morgan fingerprint density at radius 3 is 2.81 bits per heavy atom. The lowest BCUT2D eigenvalue weighted by atomic mass is 10.0. The number of carbonyl (C=O) groups is 2. The number of halogens is 1. The number of nitrogens with zero attached hydrogens (tertiary/aromatic N) is 1. The summed E-state index contributed by atoms with van der Waals surface area (Å²) in [5, 5.41) is 0.452. The van der Waals surface area contributed by atoms with E-state index >= 15 is 0 Å². The van der Waals surface area contributed by atoms with E-state index in [1.165, 1.54) is 12.0 Å². The van der Waals surface area contributed by atoms with E-state index in [-0.39, 0.29) is 18.5 Å². The van der Waals surface area contributed by atoms with E-state index in [2.05, 4.69) is 0 Å². The molecule has 1 unspecified atom stereocenters. The van der Waals surface area contributed by atoms with E-state index in [4.69, 9.17) is 21.1 Å². The molecular formula is C15H18ClNO4. The van der Waals surface area contributed by atoms with E-state index in [1.807, 2.05) is 0 Å². The number of carbonyl (C=O) groups excluding carboxylic acids is 2. The summed E-state index contributed by atoms with van der Waals surface area (Å²) in [6.07, 6.45) is 2.42. The molecule has 0 spiro atoms. The summed E-state index contributed by atoms with van der Waals surface area (Å²) in [6.45, 7) is 0.404. The average molecular weight is 312 g/mol. The van der Waals surface area contributed by atoms with Gasteiger partial charge in [0.15, 0.2) is 6.61 Å². The molecule has 0 bridgehead atoms. The predicted octanol–water partition coefficient (Wildman–Crippen LogP) is 2.27. The van der Waals surface area contributed by atoms with E-state index in [0.29, 0.717) is 23.7 Å². The first-order valence-electron chi connectivity index (χ1n) is 6.88. The van der Waals surface area contributed by atoms with Gasteiger partial charge in [-0.25, -0.2) is 4.79 Å². The van der Waals surface area contributed by atoms with Crippen LogP contribution in [0.3, 0.4) is 0 Å². The van der Waals surface area contributed by atoms with Crippen molar-refractivity contribution in [2.24, 2.45) is 0 Å². The van der Waals surface area contributed by atoms with Crippen LogP contribution in [0.1, 0.15) is 19.3 Å². The van der Waals surface area contributed by atoms with Crippen LogP contribution in [-0.2, 0) is 14.3 Å². The van der Waals surface area contributed by atoms with Crippen molar-refractivity contribution in [1.29, 1.82) is 0 Å². The molecule has 5 nitrogen and oxygen atoms in total. The molecule has 0 aliphatic carbocycles. The summed E-state index contributed by atoms with van der Waals surface area (Å²) in [5.41, 5.74) is 0. The van der Waals surface area contributed by atoms with Crippen LogP contribution in [0.15, 0.2) is 24.3 Å². The van der Waals surface area contributed by atoms with Gasteiger partial charge in [-0.3, -0.25) is 4.79 Å². The highest BCUT2D eigenvalue weighted by Crippen LogP contribution is 2.24. The molecule has 1 heterocycles.